The van der Waals surface area contributed by atoms with Gasteiger partial charge in [0.15, 0.2) is 0 Å². The van der Waals surface area contributed by atoms with Crippen LogP contribution in [0, 0.1) is 11.8 Å². The van der Waals surface area contributed by atoms with E-state index in [2.05, 4.69) is 19.2 Å². The summed E-state index contributed by atoms with van der Waals surface area (Å²) in [5, 5.41) is 3.02. The van der Waals surface area contributed by atoms with Crippen LogP contribution in [0.5, 0.6) is 0 Å². The molecular weight excluding hydrogens is 252 g/mol. The monoisotopic (exact) mass is 278 g/mol. The Morgan fingerprint density at radius 3 is 2.35 bits per heavy atom. The fourth-order valence-corrected chi connectivity index (χ4v) is 2.02. The van der Waals surface area contributed by atoms with Crippen molar-refractivity contribution < 1.29 is 9.53 Å². The minimum atomic E-state index is -0.299. The largest absolute Gasteiger partial charge is 0.383 e. The fraction of sp³-hybridized carbons (Fsp3) is 0.562. The molecule has 0 aromatic heterocycles. The molecule has 1 aromatic carbocycles. The van der Waals surface area contributed by atoms with Crippen LogP contribution in [0.4, 0.5) is 0 Å². The molecule has 0 heterocycles. The Balaban J connectivity index is 2.66. The molecule has 0 aliphatic rings. The van der Waals surface area contributed by atoms with Gasteiger partial charge in [-0.3, -0.25) is 4.79 Å². The van der Waals surface area contributed by atoms with E-state index in [1.165, 1.54) is 0 Å². The van der Waals surface area contributed by atoms with Crippen LogP contribution in [0.3, 0.4) is 0 Å². The van der Waals surface area contributed by atoms with Crippen molar-refractivity contribution in [1.82, 2.24) is 5.32 Å². The minimum absolute atomic E-state index is 0.0120. The molecule has 4 nitrogen and oxygen atoms in total. The second kappa shape index (κ2) is 8.02. The van der Waals surface area contributed by atoms with Gasteiger partial charge in [-0.2, -0.15) is 0 Å². The van der Waals surface area contributed by atoms with Crippen molar-refractivity contribution in [1.29, 1.82) is 0 Å². The highest BCUT2D eigenvalue weighted by Gasteiger charge is 2.25. The minimum Gasteiger partial charge on any atom is -0.383 e. The van der Waals surface area contributed by atoms with E-state index in [4.69, 9.17) is 10.5 Å². The van der Waals surface area contributed by atoms with Gasteiger partial charge in [0.05, 0.1) is 18.6 Å². The smallest absolute Gasteiger partial charge is 0.225 e. The van der Waals surface area contributed by atoms with Crippen molar-refractivity contribution in [3.63, 3.8) is 0 Å². The van der Waals surface area contributed by atoms with Gasteiger partial charge in [-0.15, -0.1) is 0 Å². The number of carbonyl (C=O) groups excluding carboxylic acids is 1. The molecular formula is C16H26N2O2. The number of nitrogens with one attached hydrogen (secondary N) is 1. The molecule has 1 amide bonds. The van der Waals surface area contributed by atoms with Crippen molar-refractivity contribution in [2.75, 3.05) is 13.7 Å². The first-order chi connectivity index (χ1) is 9.47. The van der Waals surface area contributed by atoms with Gasteiger partial charge in [-0.1, -0.05) is 51.1 Å². The van der Waals surface area contributed by atoms with E-state index in [0.29, 0.717) is 12.5 Å². The number of nitrogens with two attached hydrogens (primary N) is 1. The zero-order valence-corrected chi connectivity index (χ0v) is 12.8. The van der Waals surface area contributed by atoms with Gasteiger partial charge in [-0.25, -0.2) is 0 Å². The van der Waals surface area contributed by atoms with Crippen molar-refractivity contribution >= 4 is 5.91 Å². The third-order valence-electron chi connectivity index (χ3n) is 3.62. The Kier molecular flexibility index (Phi) is 6.68. The third-order valence-corrected chi connectivity index (χ3v) is 3.62. The molecule has 1 rings (SSSR count). The van der Waals surface area contributed by atoms with E-state index in [-0.39, 0.29) is 23.9 Å². The maximum absolute atomic E-state index is 12.3. The Labute approximate surface area is 121 Å². The van der Waals surface area contributed by atoms with Gasteiger partial charge in [-0.05, 0) is 11.5 Å². The standard InChI is InChI=1S/C16H26N2O2/c1-11(2)14(10-20-4)18-16(19)12(3)15(17)13-8-6-5-7-9-13/h5-9,11-12,14-15H,10,17H2,1-4H3,(H,18,19). The predicted molar refractivity (Wildman–Crippen MR) is 81.2 cm³/mol. The Morgan fingerprint density at radius 2 is 1.85 bits per heavy atom. The highest BCUT2D eigenvalue weighted by Crippen LogP contribution is 2.19. The quantitative estimate of drug-likeness (QED) is 0.803. The molecule has 1 aromatic rings. The number of ether oxygens (including phenoxy) is 1. The summed E-state index contributed by atoms with van der Waals surface area (Å²) in [5.74, 6) is 0.00617. The van der Waals surface area contributed by atoms with Gasteiger partial charge in [0, 0.05) is 13.2 Å². The van der Waals surface area contributed by atoms with Crippen LogP contribution >= 0.6 is 0 Å². The van der Waals surface area contributed by atoms with Crippen LogP contribution in [-0.2, 0) is 9.53 Å². The van der Waals surface area contributed by atoms with Gasteiger partial charge in [0.2, 0.25) is 5.91 Å². The summed E-state index contributed by atoms with van der Waals surface area (Å²) in [6.07, 6.45) is 0. The summed E-state index contributed by atoms with van der Waals surface area (Å²) in [6, 6.07) is 9.41. The molecule has 3 unspecified atom stereocenters. The molecule has 3 N–H and O–H groups in total. The number of benzene rings is 1. The molecule has 0 aliphatic heterocycles. The van der Waals surface area contributed by atoms with E-state index in [1.807, 2.05) is 37.3 Å². The first-order valence-corrected chi connectivity index (χ1v) is 7.07. The molecule has 3 atom stereocenters. The van der Waals surface area contributed by atoms with E-state index in [9.17, 15) is 4.79 Å². The summed E-state index contributed by atoms with van der Waals surface area (Å²) in [7, 11) is 1.64. The van der Waals surface area contributed by atoms with Crippen LogP contribution in [0.1, 0.15) is 32.4 Å². The Hall–Kier alpha value is -1.39. The third kappa shape index (κ3) is 4.62. The highest BCUT2D eigenvalue weighted by molar-refractivity contribution is 5.79. The van der Waals surface area contributed by atoms with Crippen LogP contribution in [0.25, 0.3) is 0 Å². The molecule has 112 valence electrons. The van der Waals surface area contributed by atoms with E-state index < -0.39 is 0 Å². The average Bonchev–Trinajstić information content (AvgIpc) is 2.45. The zero-order chi connectivity index (χ0) is 15.1. The number of methoxy groups -OCH3 is 1. The van der Waals surface area contributed by atoms with E-state index >= 15 is 0 Å². The summed E-state index contributed by atoms with van der Waals surface area (Å²) in [4.78, 5) is 12.3. The molecule has 0 bridgehead atoms. The van der Waals surface area contributed by atoms with Gasteiger partial charge in [0.25, 0.3) is 0 Å². The van der Waals surface area contributed by atoms with E-state index in [0.717, 1.165) is 5.56 Å². The maximum Gasteiger partial charge on any atom is 0.225 e. The maximum atomic E-state index is 12.3. The average molecular weight is 278 g/mol. The lowest BCUT2D eigenvalue weighted by atomic mass is 9.94. The molecule has 0 aliphatic carbocycles. The molecule has 0 fully saturated rings. The summed E-state index contributed by atoms with van der Waals surface area (Å²) in [5.41, 5.74) is 7.15. The SMILES string of the molecule is COCC(NC(=O)C(C)C(N)c1ccccc1)C(C)C. The fourth-order valence-electron chi connectivity index (χ4n) is 2.02. The van der Waals surface area contributed by atoms with Crippen LogP contribution in [0.15, 0.2) is 30.3 Å². The first-order valence-electron chi connectivity index (χ1n) is 7.07. The Morgan fingerprint density at radius 1 is 1.25 bits per heavy atom. The van der Waals surface area contributed by atoms with Crippen molar-refractivity contribution in [3.8, 4) is 0 Å². The number of hydrogen-bond donors (Lipinski definition) is 2. The number of rotatable bonds is 7. The lowest BCUT2D eigenvalue weighted by Crippen LogP contribution is -2.45. The van der Waals surface area contributed by atoms with Crippen molar-refractivity contribution in [2.45, 2.75) is 32.9 Å². The molecule has 0 spiro atoms. The predicted octanol–water partition coefficient (Wildman–Crippen LogP) is 2.11. The van der Waals surface area contributed by atoms with Gasteiger partial charge >= 0.3 is 0 Å². The van der Waals surface area contributed by atoms with Gasteiger partial charge in [0.1, 0.15) is 0 Å². The molecule has 4 heteroatoms. The van der Waals surface area contributed by atoms with Crippen molar-refractivity contribution in [3.05, 3.63) is 35.9 Å². The molecule has 0 radical (unpaired) electrons. The first kappa shape index (κ1) is 16.7. The number of hydrogen-bond acceptors (Lipinski definition) is 3. The van der Waals surface area contributed by atoms with Gasteiger partial charge < -0.3 is 15.8 Å². The number of amides is 1. The van der Waals surface area contributed by atoms with Crippen molar-refractivity contribution in [2.24, 2.45) is 17.6 Å². The topological polar surface area (TPSA) is 64.3 Å². The van der Waals surface area contributed by atoms with Crippen LogP contribution in [0.2, 0.25) is 0 Å². The van der Waals surface area contributed by atoms with Crippen LogP contribution in [-0.4, -0.2) is 25.7 Å². The Bertz CT molecular complexity index is 406. The number of carbonyl (C=O) groups is 1. The van der Waals surface area contributed by atoms with Crippen LogP contribution < -0.4 is 11.1 Å². The summed E-state index contributed by atoms with van der Waals surface area (Å²) in [6.45, 7) is 6.49. The lowest BCUT2D eigenvalue weighted by molar-refractivity contribution is -0.126. The zero-order valence-electron chi connectivity index (χ0n) is 12.8. The molecule has 0 saturated carbocycles. The van der Waals surface area contributed by atoms with E-state index in [1.54, 1.807) is 7.11 Å². The molecule has 20 heavy (non-hydrogen) atoms. The molecule has 0 saturated heterocycles. The summed E-state index contributed by atoms with van der Waals surface area (Å²) < 4.78 is 5.15. The highest BCUT2D eigenvalue weighted by atomic mass is 16.5. The second-order valence-electron chi connectivity index (χ2n) is 5.54. The second-order valence-corrected chi connectivity index (χ2v) is 5.54. The normalized spacial score (nSPS) is 15.7. The summed E-state index contributed by atoms with van der Waals surface area (Å²) >= 11 is 0. The lowest BCUT2D eigenvalue weighted by Gasteiger charge is -2.26.